The third kappa shape index (κ3) is 5.78. The van der Waals surface area contributed by atoms with Crippen molar-refractivity contribution in [2.24, 2.45) is 0 Å². The van der Waals surface area contributed by atoms with Crippen molar-refractivity contribution < 1.29 is 18.0 Å². The van der Waals surface area contributed by atoms with Gasteiger partial charge in [-0.05, 0) is 67.6 Å². The summed E-state index contributed by atoms with van der Waals surface area (Å²) in [6.07, 6.45) is 0.336. The van der Waals surface area contributed by atoms with Crippen LogP contribution in [0.1, 0.15) is 20.8 Å². The van der Waals surface area contributed by atoms with E-state index < -0.39 is 8.80 Å². The second kappa shape index (κ2) is 8.91. The molecule has 1 aromatic rings. The highest BCUT2D eigenvalue weighted by Crippen LogP contribution is 2.17. The van der Waals surface area contributed by atoms with Gasteiger partial charge in [0.2, 0.25) is 0 Å². The molecule has 108 valence electrons. The number of hydrogen-bond acceptors (Lipinski definition) is 4. The van der Waals surface area contributed by atoms with Crippen molar-refractivity contribution >= 4 is 31.4 Å². The van der Waals surface area contributed by atoms with Gasteiger partial charge >= 0.3 is 8.80 Å². The summed E-state index contributed by atoms with van der Waals surface area (Å²) in [5.41, 5.74) is 0. The molecule has 0 saturated heterocycles. The number of halogens is 1. The third-order valence-corrected chi connectivity index (χ3v) is 5.72. The van der Waals surface area contributed by atoms with Crippen molar-refractivity contribution in [3.8, 4) is 5.75 Å². The van der Waals surface area contributed by atoms with E-state index in [1.54, 1.807) is 0 Å². The highest BCUT2D eigenvalue weighted by Gasteiger charge is 2.42. The van der Waals surface area contributed by atoms with Crippen molar-refractivity contribution in [2.75, 3.05) is 26.1 Å². The molecule has 0 spiro atoms. The Kier molecular flexibility index (Phi) is 7.92. The Morgan fingerprint density at radius 2 is 1.37 bits per heavy atom. The molecular weight excluding hydrogens is 375 g/mol. The molecule has 0 unspecified atom stereocenters. The van der Waals surface area contributed by atoms with Gasteiger partial charge in [0.15, 0.2) is 6.23 Å². The van der Waals surface area contributed by atoms with Crippen molar-refractivity contribution in [3.63, 3.8) is 0 Å². The number of hydrogen-bond donors (Lipinski definition) is 0. The highest BCUT2D eigenvalue weighted by molar-refractivity contribution is 14.1. The molecule has 0 atom stereocenters. The Bertz CT molecular complexity index is 341. The van der Waals surface area contributed by atoms with Crippen molar-refractivity contribution in [1.82, 2.24) is 0 Å². The summed E-state index contributed by atoms with van der Waals surface area (Å²) in [5.74, 6) is 0.802. The van der Waals surface area contributed by atoms with E-state index in [9.17, 15) is 0 Å². The summed E-state index contributed by atoms with van der Waals surface area (Å²) < 4.78 is 24.1. The van der Waals surface area contributed by atoms with Gasteiger partial charge in [-0.15, -0.1) is 0 Å². The van der Waals surface area contributed by atoms with Gasteiger partial charge < -0.3 is 18.0 Å². The Morgan fingerprint density at radius 1 is 0.895 bits per heavy atom. The maximum atomic E-state index is 5.77. The van der Waals surface area contributed by atoms with Gasteiger partial charge in [-0.25, -0.2) is 0 Å². The first-order valence-electron chi connectivity index (χ1n) is 6.46. The average molecular weight is 396 g/mol. The fourth-order valence-electron chi connectivity index (χ4n) is 1.61. The number of benzene rings is 1. The number of rotatable bonds is 9. The summed E-state index contributed by atoms with van der Waals surface area (Å²) in [6, 6.07) is 7.87. The van der Waals surface area contributed by atoms with Crippen LogP contribution in [0.4, 0.5) is 0 Å². The van der Waals surface area contributed by atoms with Crippen LogP contribution in [-0.2, 0) is 13.3 Å². The van der Waals surface area contributed by atoms with E-state index >= 15 is 0 Å². The highest BCUT2D eigenvalue weighted by atomic mass is 127. The Morgan fingerprint density at radius 3 is 1.79 bits per heavy atom. The van der Waals surface area contributed by atoms with Crippen LogP contribution in [-0.4, -0.2) is 34.9 Å². The van der Waals surface area contributed by atoms with Gasteiger partial charge in [-0.1, -0.05) is 0 Å². The largest absolute Gasteiger partial charge is 0.540 e. The quantitative estimate of drug-likeness (QED) is 0.474. The Hall–Kier alpha value is -0.153. The molecule has 4 nitrogen and oxygen atoms in total. The van der Waals surface area contributed by atoms with Crippen LogP contribution < -0.4 is 4.74 Å². The van der Waals surface area contributed by atoms with E-state index in [4.69, 9.17) is 18.0 Å². The van der Waals surface area contributed by atoms with Gasteiger partial charge in [0.25, 0.3) is 0 Å². The molecule has 0 aromatic heterocycles. The average Bonchev–Trinajstić information content (AvgIpc) is 2.39. The molecule has 0 radical (unpaired) electrons. The van der Waals surface area contributed by atoms with E-state index in [0.717, 1.165) is 5.75 Å². The topological polar surface area (TPSA) is 36.9 Å². The van der Waals surface area contributed by atoms with Crippen LogP contribution in [0.15, 0.2) is 24.3 Å². The summed E-state index contributed by atoms with van der Waals surface area (Å²) in [4.78, 5) is 0. The van der Waals surface area contributed by atoms with Gasteiger partial charge in [-0.2, -0.15) is 0 Å². The van der Waals surface area contributed by atoms with Crippen molar-refractivity contribution in [2.45, 2.75) is 20.8 Å². The second-order valence-corrected chi connectivity index (χ2v) is 7.49. The molecule has 0 aliphatic carbocycles. The van der Waals surface area contributed by atoms with E-state index in [0.29, 0.717) is 26.1 Å². The van der Waals surface area contributed by atoms with Crippen LogP contribution in [0.25, 0.3) is 0 Å². The molecule has 0 bridgehead atoms. The summed E-state index contributed by atoms with van der Waals surface area (Å²) in [5, 5.41) is 0. The standard InChI is InChI=1S/C13H21IO4Si/c1-4-16-19(17-5-2,18-6-3)11-15-13-9-7-12(14)8-10-13/h7-10H,4-6,11H2,1-3H3. The zero-order valence-electron chi connectivity index (χ0n) is 11.6. The van der Waals surface area contributed by atoms with Gasteiger partial charge in [0.05, 0.1) is 0 Å². The minimum absolute atomic E-state index is 0.336. The maximum Gasteiger partial charge on any atom is 0.540 e. The first-order valence-corrected chi connectivity index (χ1v) is 9.47. The lowest BCUT2D eigenvalue weighted by molar-refractivity contribution is 0.0541. The molecule has 1 rings (SSSR count). The summed E-state index contributed by atoms with van der Waals surface area (Å²) >= 11 is 2.26. The zero-order valence-corrected chi connectivity index (χ0v) is 14.8. The lowest BCUT2D eigenvalue weighted by atomic mass is 10.3. The van der Waals surface area contributed by atoms with E-state index in [2.05, 4.69) is 22.6 Å². The third-order valence-electron chi connectivity index (χ3n) is 2.32. The van der Waals surface area contributed by atoms with Crippen LogP contribution >= 0.6 is 22.6 Å². The van der Waals surface area contributed by atoms with E-state index in [-0.39, 0.29) is 0 Å². The van der Waals surface area contributed by atoms with Crippen LogP contribution in [0.3, 0.4) is 0 Å². The minimum Gasteiger partial charge on any atom is -0.489 e. The molecule has 0 aliphatic heterocycles. The predicted molar refractivity (Wildman–Crippen MR) is 85.3 cm³/mol. The second-order valence-electron chi connectivity index (χ2n) is 3.72. The smallest absolute Gasteiger partial charge is 0.489 e. The fourth-order valence-corrected chi connectivity index (χ4v) is 4.13. The molecule has 0 aliphatic rings. The molecule has 0 saturated carbocycles. The Balaban J connectivity index is 2.67. The maximum absolute atomic E-state index is 5.77. The molecule has 0 amide bonds. The normalized spacial score (nSPS) is 11.6. The fraction of sp³-hybridized carbons (Fsp3) is 0.538. The molecule has 0 heterocycles. The first-order chi connectivity index (χ1) is 9.15. The Labute approximate surface area is 129 Å². The van der Waals surface area contributed by atoms with Crippen molar-refractivity contribution in [1.29, 1.82) is 0 Å². The zero-order chi connectivity index (χ0) is 14.1. The number of ether oxygens (including phenoxy) is 1. The monoisotopic (exact) mass is 396 g/mol. The van der Waals surface area contributed by atoms with Crippen LogP contribution in [0.5, 0.6) is 5.75 Å². The van der Waals surface area contributed by atoms with Crippen LogP contribution in [0, 0.1) is 3.57 Å². The summed E-state index contributed by atoms with van der Waals surface area (Å²) in [6.45, 7) is 7.48. The molecule has 19 heavy (non-hydrogen) atoms. The van der Waals surface area contributed by atoms with Crippen molar-refractivity contribution in [3.05, 3.63) is 27.8 Å². The molecule has 1 aromatic carbocycles. The first kappa shape index (κ1) is 16.9. The van der Waals surface area contributed by atoms with Gasteiger partial charge in [0.1, 0.15) is 5.75 Å². The molecule has 6 heteroatoms. The SMILES string of the molecule is CCO[Si](COc1ccc(I)cc1)(OCC)OCC. The van der Waals surface area contributed by atoms with E-state index in [1.165, 1.54) is 3.57 Å². The van der Waals surface area contributed by atoms with E-state index in [1.807, 2.05) is 45.0 Å². The lowest BCUT2D eigenvalue weighted by Gasteiger charge is -2.28. The summed E-state index contributed by atoms with van der Waals surface area (Å²) in [7, 11) is -2.72. The molecular formula is C13H21IO4Si. The lowest BCUT2D eigenvalue weighted by Crippen LogP contribution is -2.51. The van der Waals surface area contributed by atoms with Gasteiger partial charge in [-0.3, -0.25) is 0 Å². The minimum atomic E-state index is -2.72. The molecule has 0 N–H and O–H groups in total. The van der Waals surface area contributed by atoms with Crippen LogP contribution in [0.2, 0.25) is 0 Å². The predicted octanol–water partition coefficient (Wildman–Crippen LogP) is 3.26. The van der Waals surface area contributed by atoms with Gasteiger partial charge in [0, 0.05) is 23.4 Å². The molecule has 0 fully saturated rings.